The van der Waals surface area contributed by atoms with E-state index in [9.17, 15) is 9.59 Å². The van der Waals surface area contributed by atoms with Gasteiger partial charge in [0.05, 0.1) is 29.0 Å². The molecule has 1 aliphatic carbocycles. The third-order valence-electron chi connectivity index (χ3n) is 5.42. The summed E-state index contributed by atoms with van der Waals surface area (Å²) in [5.41, 5.74) is 1.03. The second-order valence-corrected chi connectivity index (χ2v) is 8.78. The average molecular weight is 424 g/mol. The zero-order valence-corrected chi connectivity index (χ0v) is 17.9. The van der Waals surface area contributed by atoms with Crippen molar-refractivity contribution in [3.8, 4) is 11.4 Å². The number of benzene rings is 2. The van der Waals surface area contributed by atoms with E-state index in [4.69, 9.17) is 9.72 Å². The Kier molecular flexibility index (Phi) is 6.08. The molecule has 1 N–H and O–H groups in total. The van der Waals surface area contributed by atoms with Crippen LogP contribution < -0.4 is 15.6 Å². The topological polar surface area (TPSA) is 73.2 Å². The first kappa shape index (κ1) is 20.5. The number of hydrogen-bond donors (Lipinski definition) is 1. The van der Waals surface area contributed by atoms with Gasteiger partial charge in [0.15, 0.2) is 5.16 Å². The lowest BCUT2D eigenvalue weighted by molar-refractivity contribution is -0.120. The molecule has 0 aliphatic heterocycles. The fraction of sp³-hybridized carbons (Fsp3) is 0.348. The Morgan fingerprint density at radius 1 is 1.17 bits per heavy atom. The number of para-hydroxylation sites is 3. The van der Waals surface area contributed by atoms with Crippen molar-refractivity contribution in [1.82, 2.24) is 14.9 Å². The molecule has 0 spiro atoms. The number of nitrogens with one attached hydrogen (secondary N) is 1. The predicted molar refractivity (Wildman–Crippen MR) is 120 cm³/mol. The molecule has 1 heterocycles. The van der Waals surface area contributed by atoms with Gasteiger partial charge in [0, 0.05) is 6.04 Å². The summed E-state index contributed by atoms with van der Waals surface area (Å²) in [7, 11) is 1.57. The maximum atomic E-state index is 13.4. The molecule has 1 amide bonds. The van der Waals surface area contributed by atoms with E-state index in [2.05, 4.69) is 5.32 Å². The first-order chi connectivity index (χ1) is 14.6. The summed E-state index contributed by atoms with van der Waals surface area (Å²) in [6, 6.07) is 14.8. The summed E-state index contributed by atoms with van der Waals surface area (Å²) in [5.74, 6) is 0.544. The van der Waals surface area contributed by atoms with Crippen LogP contribution >= 0.6 is 11.8 Å². The Morgan fingerprint density at radius 2 is 1.87 bits per heavy atom. The second-order valence-electron chi connectivity index (χ2n) is 7.47. The Hall–Kier alpha value is -2.80. The van der Waals surface area contributed by atoms with Crippen molar-refractivity contribution in [3.63, 3.8) is 0 Å². The largest absolute Gasteiger partial charge is 0.495 e. The number of ether oxygens (including phenoxy) is 1. The highest BCUT2D eigenvalue weighted by Gasteiger charge is 2.24. The highest BCUT2D eigenvalue weighted by atomic mass is 32.2. The van der Waals surface area contributed by atoms with Crippen LogP contribution in [0.25, 0.3) is 16.6 Å². The number of aromatic nitrogens is 2. The number of thioether (sulfide) groups is 1. The van der Waals surface area contributed by atoms with Crippen LogP contribution in [0, 0.1) is 0 Å². The molecular formula is C23H25N3O3S. The van der Waals surface area contributed by atoms with Crippen LogP contribution in [0.1, 0.15) is 32.6 Å². The van der Waals surface area contributed by atoms with Gasteiger partial charge in [-0.3, -0.25) is 14.2 Å². The molecule has 4 rings (SSSR count). The van der Waals surface area contributed by atoms with Gasteiger partial charge in [-0.25, -0.2) is 4.98 Å². The standard InChI is InChI=1S/C23H25N3O3S/c1-15(21(27)24-16-9-3-4-10-16)30-23-25-18-12-6-5-11-17(18)22(28)26(23)19-13-7-8-14-20(19)29-2/h5-8,11-16H,3-4,9-10H2,1-2H3,(H,24,27). The number of nitrogens with zero attached hydrogens (tertiary/aromatic N) is 2. The van der Waals surface area contributed by atoms with Crippen LogP contribution in [0.15, 0.2) is 58.5 Å². The quantitative estimate of drug-likeness (QED) is 0.480. The molecular weight excluding hydrogens is 398 g/mol. The Balaban J connectivity index is 1.76. The molecule has 1 atom stereocenters. The summed E-state index contributed by atoms with van der Waals surface area (Å²) in [4.78, 5) is 30.9. The van der Waals surface area contributed by atoms with E-state index < -0.39 is 0 Å². The van der Waals surface area contributed by atoms with Gasteiger partial charge in [-0.2, -0.15) is 0 Å². The first-order valence-electron chi connectivity index (χ1n) is 10.2. The van der Waals surface area contributed by atoms with Gasteiger partial charge < -0.3 is 10.1 Å². The minimum Gasteiger partial charge on any atom is -0.495 e. The van der Waals surface area contributed by atoms with Gasteiger partial charge in [0.25, 0.3) is 5.56 Å². The van der Waals surface area contributed by atoms with Crippen LogP contribution in [0.5, 0.6) is 5.75 Å². The molecule has 1 fully saturated rings. The zero-order chi connectivity index (χ0) is 21.1. The van der Waals surface area contributed by atoms with Gasteiger partial charge in [0.1, 0.15) is 5.75 Å². The monoisotopic (exact) mass is 423 g/mol. The number of carbonyl (C=O) groups excluding carboxylic acids is 1. The minimum atomic E-state index is -0.389. The minimum absolute atomic E-state index is 0.0270. The van der Waals surface area contributed by atoms with Crippen molar-refractivity contribution in [2.45, 2.75) is 49.1 Å². The van der Waals surface area contributed by atoms with Crippen LogP contribution in [0.3, 0.4) is 0 Å². The number of amides is 1. The van der Waals surface area contributed by atoms with Crippen molar-refractivity contribution in [2.24, 2.45) is 0 Å². The van der Waals surface area contributed by atoms with Gasteiger partial charge in [-0.05, 0) is 44.0 Å². The maximum Gasteiger partial charge on any atom is 0.266 e. The molecule has 0 radical (unpaired) electrons. The van der Waals surface area contributed by atoms with Crippen LogP contribution in [0.4, 0.5) is 0 Å². The van der Waals surface area contributed by atoms with E-state index in [0.717, 1.165) is 25.7 Å². The third kappa shape index (κ3) is 4.07. The molecule has 7 heteroatoms. The molecule has 3 aromatic rings. The molecule has 156 valence electrons. The Bertz CT molecular complexity index is 1120. The van der Waals surface area contributed by atoms with Crippen LogP contribution in [0.2, 0.25) is 0 Å². The second kappa shape index (κ2) is 8.92. The zero-order valence-electron chi connectivity index (χ0n) is 17.1. The average Bonchev–Trinajstić information content (AvgIpc) is 3.27. The van der Waals surface area contributed by atoms with E-state index >= 15 is 0 Å². The Morgan fingerprint density at radius 3 is 2.63 bits per heavy atom. The molecule has 0 bridgehead atoms. The number of fused-ring (bicyclic) bond motifs is 1. The molecule has 6 nitrogen and oxygen atoms in total. The normalized spacial score (nSPS) is 15.3. The number of methoxy groups -OCH3 is 1. The third-order valence-corrected chi connectivity index (χ3v) is 6.48. The van der Waals surface area contributed by atoms with Gasteiger partial charge in [-0.1, -0.05) is 48.9 Å². The van der Waals surface area contributed by atoms with E-state index in [1.54, 1.807) is 17.7 Å². The molecule has 0 saturated heterocycles. The van der Waals surface area contributed by atoms with Crippen LogP contribution in [-0.2, 0) is 4.79 Å². The number of carbonyl (C=O) groups is 1. The van der Waals surface area contributed by atoms with E-state index in [0.29, 0.717) is 27.5 Å². The summed E-state index contributed by atoms with van der Waals surface area (Å²) in [6.45, 7) is 1.85. The summed E-state index contributed by atoms with van der Waals surface area (Å²) in [5, 5.41) is 3.74. The van der Waals surface area contributed by atoms with Crippen molar-refractivity contribution in [2.75, 3.05) is 7.11 Å². The van der Waals surface area contributed by atoms with Crippen molar-refractivity contribution < 1.29 is 9.53 Å². The van der Waals surface area contributed by atoms with Crippen molar-refractivity contribution >= 4 is 28.6 Å². The fourth-order valence-corrected chi connectivity index (χ4v) is 4.75. The molecule has 1 unspecified atom stereocenters. The van der Waals surface area contributed by atoms with Gasteiger partial charge in [0.2, 0.25) is 5.91 Å². The number of rotatable bonds is 6. The van der Waals surface area contributed by atoms with E-state index in [1.807, 2.05) is 49.4 Å². The van der Waals surface area contributed by atoms with E-state index in [1.165, 1.54) is 11.8 Å². The maximum absolute atomic E-state index is 13.4. The smallest absolute Gasteiger partial charge is 0.266 e. The highest BCUT2D eigenvalue weighted by molar-refractivity contribution is 8.00. The summed E-state index contributed by atoms with van der Waals surface area (Å²) >= 11 is 1.29. The van der Waals surface area contributed by atoms with Crippen LogP contribution in [-0.4, -0.2) is 33.9 Å². The lowest BCUT2D eigenvalue weighted by Gasteiger charge is -2.19. The lowest BCUT2D eigenvalue weighted by Crippen LogP contribution is -2.38. The first-order valence-corrected chi connectivity index (χ1v) is 11.1. The molecule has 30 heavy (non-hydrogen) atoms. The van der Waals surface area contributed by atoms with Gasteiger partial charge >= 0.3 is 0 Å². The van der Waals surface area contributed by atoms with Crippen molar-refractivity contribution in [3.05, 3.63) is 58.9 Å². The number of hydrogen-bond acceptors (Lipinski definition) is 5. The SMILES string of the molecule is COc1ccccc1-n1c(SC(C)C(=O)NC2CCCC2)nc2ccccc2c1=O. The predicted octanol–water partition coefficient (Wildman–Crippen LogP) is 3.93. The van der Waals surface area contributed by atoms with Crippen molar-refractivity contribution in [1.29, 1.82) is 0 Å². The highest BCUT2D eigenvalue weighted by Crippen LogP contribution is 2.29. The van der Waals surface area contributed by atoms with E-state index in [-0.39, 0.29) is 22.8 Å². The fourth-order valence-electron chi connectivity index (χ4n) is 3.82. The molecule has 1 aromatic heterocycles. The van der Waals surface area contributed by atoms with Gasteiger partial charge in [-0.15, -0.1) is 0 Å². The molecule has 1 aliphatic rings. The summed E-state index contributed by atoms with van der Waals surface area (Å²) in [6.07, 6.45) is 4.38. The Labute approximate surface area is 179 Å². The lowest BCUT2D eigenvalue weighted by atomic mass is 10.2. The molecule has 1 saturated carbocycles. The summed E-state index contributed by atoms with van der Waals surface area (Å²) < 4.78 is 7.03. The molecule has 2 aromatic carbocycles.